The zero-order chi connectivity index (χ0) is 16.2. The molecule has 0 radical (unpaired) electrons. The SMILES string of the molecule is C.C.CC[N+](CC)(CC)Cc1ccc(C(=O)N2CCCC2=O)cc1. The number of imide groups is 1. The van der Waals surface area contributed by atoms with E-state index in [1.165, 1.54) is 10.5 Å². The van der Waals surface area contributed by atoms with Gasteiger partial charge < -0.3 is 4.48 Å². The largest absolute Gasteiger partial charge is 0.321 e. The van der Waals surface area contributed by atoms with E-state index in [9.17, 15) is 9.59 Å². The summed E-state index contributed by atoms with van der Waals surface area (Å²) in [6.45, 7) is 11.5. The molecule has 1 aliphatic heterocycles. The number of benzene rings is 1. The van der Waals surface area contributed by atoms with E-state index in [2.05, 4.69) is 20.8 Å². The van der Waals surface area contributed by atoms with Crippen LogP contribution in [0.4, 0.5) is 0 Å². The van der Waals surface area contributed by atoms with Gasteiger partial charge in [-0.3, -0.25) is 14.5 Å². The molecule has 0 bridgehead atoms. The summed E-state index contributed by atoms with van der Waals surface area (Å²) in [5.41, 5.74) is 1.86. The summed E-state index contributed by atoms with van der Waals surface area (Å²) in [6, 6.07) is 7.78. The molecule has 136 valence electrons. The second kappa shape index (κ2) is 9.58. The molecule has 1 aliphatic rings. The average Bonchev–Trinajstić information content (AvgIpc) is 2.99. The summed E-state index contributed by atoms with van der Waals surface area (Å²) < 4.78 is 1.05. The number of hydrogen-bond acceptors (Lipinski definition) is 2. The van der Waals surface area contributed by atoms with Crippen molar-refractivity contribution in [3.05, 3.63) is 35.4 Å². The van der Waals surface area contributed by atoms with Crippen molar-refractivity contribution in [1.82, 2.24) is 4.90 Å². The molecule has 0 saturated carbocycles. The van der Waals surface area contributed by atoms with Crippen molar-refractivity contribution in [3.8, 4) is 0 Å². The lowest BCUT2D eigenvalue weighted by Crippen LogP contribution is -2.46. The van der Waals surface area contributed by atoms with Crippen LogP contribution in [0.3, 0.4) is 0 Å². The maximum absolute atomic E-state index is 12.3. The van der Waals surface area contributed by atoms with Gasteiger partial charge in [0.1, 0.15) is 6.54 Å². The van der Waals surface area contributed by atoms with Crippen LogP contribution in [-0.4, -0.2) is 47.4 Å². The van der Waals surface area contributed by atoms with Gasteiger partial charge in [0.05, 0.1) is 19.6 Å². The molecule has 24 heavy (non-hydrogen) atoms. The highest BCUT2D eigenvalue weighted by atomic mass is 16.2. The summed E-state index contributed by atoms with van der Waals surface area (Å²) in [4.78, 5) is 25.4. The molecule has 0 spiro atoms. The topological polar surface area (TPSA) is 37.4 Å². The molecule has 0 unspecified atom stereocenters. The molecule has 2 amide bonds. The van der Waals surface area contributed by atoms with E-state index in [4.69, 9.17) is 0 Å². The van der Waals surface area contributed by atoms with E-state index in [0.717, 1.165) is 37.1 Å². The van der Waals surface area contributed by atoms with Gasteiger partial charge >= 0.3 is 0 Å². The number of carbonyl (C=O) groups excluding carboxylic acids is 2. The van der Waals surface area contributed by atoms with Crippen LogP contribution in [0, 0.1) is 0 Å². The summed E-state index contributed by atoms with van der Waals surface area (Å²) in [5, 5.41) is 0. The maximum Gasteiger partial charge on any atom is 0.260 e. The molecule has 2 rings (SSSR count). The van der Waals surface area contributed by atoms with Gasteiger partial charge in [0.2, 0.25) is 5.91 Å². The first-order valence-electron chi connectivity index (χ1n) is 8.34. The van der Waals surface area contributed by atoms with E-state index in [0.29, 0.717) is 18.5 Å². The molecule has 4 heteroatoms. The Morgan fingerprint density at radius 3 is 2.00 bits per heavy atom. The summed E-state index contributed by atoms with van der Waals surface area (Å²) in [7, 11) is 0. The second-order valence-electron chi connectivity index (χ2n) is 6.10. The Kier molecular flexibility index (Phi) is 8.91. The minimum Gasteiger partial charge on any atom is -0.321 e. The highest BCUT2D eigenvalue weighted by molar-refractivity contribution is 6.05. The lowest BCUT2D eigenvalue weighted by molar-refractivity contribution is -0.936. The predicted octanol–water partition coefficient (Wildman–Crippen LogP) is 4.10. The van der Waals surface area contributed by atoms with Crippen molar-refractivity contribution in [3.63, 3.8) is 0 Å². The normalized spacial score (nSPS) is 14.1. The Bertz CT molecular complexity index is 525. The van der Waals surface area contributed by atoms with Crippen LogP contribution < -0.4 is 0 Å². The molecular formula is C20H35N2O2+. The highest BCUT2D eigenvalue weighted by Gasteiger charge is 2.27. The van der Waals surface area contributed by atoms with Crippen molar-refractivity contribution in [2.45, 2.75) is 55.0 Å². The van der Waals surface area contributed by atoms with Gasteiger partial charge in [-0.2, -0.15) is 0 Å². The zero-order valence-electron chi connectivity index (χ0n) is 14.0. The van der Waals surface area contributed by atoms with Crippen molar-refractivity contribution in [2.24, 2.45) is 0 Å². The Balaban J connectivity index is 0.00000264. The Morgan fingerprint density at radius 2 is 1.58 bits per heavy atom. The van der Waals surface area contributed by atoms with Gasteiger partial charge in [-0.05, 0) is 39.3 Å². The number of nitrogens with zero attached hydrogens (tertiary/aromatic N) is 2. The van der Waals surface area contributed by atoms with Crippen LogP contribution in [0.2, 0.25) is 0 Å². The number of likely N-dealkylation sites (tertiary alicyclic amines) is 1. The van der Waals surface area contributed by atoms with Gasteiger partial charge in [-0.25, -0.2) is 0 Å². The van der Waals surface area contributed by atoms with E-state index in [1.807, 2.05) is 24.3 Å². The third kappa shape index (κ3) is 4.67. The van der Waals surface area contributed by atoms with Gasteiger partial charge in [-0.1, -0.05) is 27.0 Å². The molecule has 1 heterocycles. The molecular weight excluding hydrogens is 300 g/mol. The monoisotopic (exact) mass is 335 g/mol. The van der Waals surface area contributed by atoms with Crippen molar-refractivity contribution >= 4 is 11.8 Å². The van der Waals surface area contributed by atoms with Crippen LogP contribution in [0.25, 0.3) is 0 Å². The molecule has 1 fully saturated rings. The number of hydrogen-bond donors (Lipinski definition) is 0. The molecule has 1 saturated heterocycles. The molecule has 0 atom stereocenters. The molecule has 0 N–H and O–H groups in total. The molecule has 1 aromatic carbocycles. The number of rotatable bonds is 6. The van der Waals surface area contributed by atoms with Crippen LogP contribution in [0.15, 0.2) is 24.3 Å². The third-order valence-electron chi connectivity index (χ3n) is 5.05. The van der Waals surface area contributed by atoms with E-state index in [1.54, 1.807) is 0 Å². The smallest absolute Gasteiger partial charge is 0.260 e. The second-order valence-corrected chi connectivity index (χ2v) is 6.10. The molecule has 4 nitrogen and oxygen atoms in total. The average molecular weight is 336 g/mol. The number of quaternary nitrogens is 1. The molecule has 0 aromatic heterocycles. The van der Waals surface area contributed by atoms with Crippen molar-refractivity contribution in [1.29, 1.82) is 0 Å². The Hall–Kier alpha value is -1.68. The van der Waals surface area contributed by atoms with E-state index >= 15 is 0 Å². The summed E-state index contributed by atoms with van der Waals surface area (Å²) in [5.74, 6) is -0.205. The van der Waals surface area contributed by atoms with Gasteiger partial charge in [0, 0.05) is 24.1 Å². The standard InChI is InChI=1S/C18H27N2O2.2CH4/c1-4-20(5-2,6-3)14-15-9-11-16(12-10-15)18(22)19-13-7-8-17(19)21;;/h9-12H,4-8,13-14H2,1-3H3;2*1H4/q+1;;. The quantitative estimate of drug-likeness (QED) is 0.580. The van der Waals surface area contributed by atoms with Crippen molar-refractivity contribution < 1.29 is 14.1 Å². The van der Waals surface area contributed by atoms with Crippen LogP contribution in [0.5, 0.6) is 0 Å². The minimum absolute atomic E-state index is 0. The van der Waals surface area contributed by atoms with Crippen LogP contribution in [-0.2, 0) is 11.3 Å². The predicted molar refractivity (Wildman–Crippen MR) is 101 cm³/mol. The molecule has 0 aliphatic carbocycles. The van der Waals surface area contributed by atoms with Crippen LogP contribution in [0.1, 0.15) is 64.4 Å². The van der Waals surface area contributed by atoms with Gasteiger partial charge in [0.15, 0.2) is 0 Å². The zero-order valence-corrected chi connectivity index (χ0v) is 14.0. The third-order valence-corrected chi connectivity index (χ3v) is 5.05. The first-order valence-corrected chi connectivity index (χ1v) is 8.34. The highest BCUT2D eigenvalue weighted by Crippen LogP contribution is 2.18. The maximum atomic E-state index is 12.3. The summed E-state index contributed by atoms with van der Waals surface area (Å²) >= 11 is 0. The Labute approximate surface area is 148 Å². The van der Waals surface area contributed by atoms with Gasteiger partial charge in [0.25, 0.3) is 5.91 Å². The fourth-order valence-electron chi connectivity index (χ4n) is 3.16. The number of carbonyl (C=O) groups is 2. The van der Waals surface area contributed by atoms with E-state index in [-0.39, 0.29) is 26.7 Å². The summed E-state index contributed by atoms with van der Waals surface area (Å²) in [6.07, 6.45) is 1.28. The number of amides is 2. The molecule has 1 aromatic rings. The van der Waals surface area contributed by atoms with Gasteiger partial charge in [-0.15, -0.1) is 0 Å². The van der Waals surface area contributed by atoms with Crippen LogP contribution >= 0.6 is 0 Å². The Morgan fingerprint density at radius 1 is 1.04 bits per heavy atom. The lowest BCUT2D eigenvalue weighted by atomic mass is 10.1. The fourth-order valence-corrected chi connectivity index (χ4v) is 3.16. The van der Waals surface area contributed by atoms with Crippen molar-refractivity contribution in [2.75, 3.05) is 26.2 Å². The minimum atomic E-state index is -0.156. The first kappa shape index (κ1) is 22.3. The lowest BCUT2D eigenvalue weighted by Gasteiger charge is -2.35. The fraction of sp³-hybridized carbons (Fsp3) is 0.600. The first-order chi connectivity index (χ1) is 10.5. The van der Waals surface area contributed by atoms with E-state index < -0.39 is 0 Å².